The highest BCUT2D eigenvalue weighted by Crippen LogP contribution is 2.44. The number of hydrogen-bond donors (Lipinski definition) is 2. The van der Waals surface area contributed by atoms with Crippen molar-refractivity contribution >= 4 is 49.7 Å². The molecular formula is C22H25Br2N3O3. The molecule has 0 aliphatic carbocycles. The summed E-state index contributed by atoms with van der Waals surface area (Å²) < 4.78 is 6.66. The second-order valence-corrected chi connectivity index (χ2v) is 9.88. The van der Waals surface area contributed by atoms with Gasteiger partial charge in [0.2, 0.25) is 0 Å². The number of ether oxygens (including phenoxy) is 1. The Hall–Kier alpha value is -2.06. The Morgan fingerprint density at radius 1 is 1.33 bits per heavy atom. The van der Waals surface area contributed by atoms with Gasteiger partial charge in [0.1, 0.15) is 11.5 Å². The molecule has 1 unspecified atom stereocenters. The highest BCUT2D eigenvalue weighted by Gasteiger charge is 2.34. The average molecular weight is 539 g/mol. The first-order valence-corrected chi connectivity index (χ1v) is 11.1. The van der Waals surface area contributed by atoms with E-state index in [2.05, 4.69) is 81.2 Å². The molecule has 160 valence electrons. The largest absolute Gasteiger partial charge is 0.506 e. The summed E-state index contributed by atoms with van der Waals surface area (Å²) in [6.45, 7) is 6.69. The van der Waals surface area contributed by atoms with E-state index in [0.29, 0.717) is 20.6 Å². The fourth-order valence-electron chi connectivity index (χ4n) is 3.85. The van der Waals surface area contributed by atoms with Crippen LogP contribution >= 0.6 is 31.9 Å². The summed E-state index contributed by atoms with van der Waals surface area (Å²) in [5.41, 5.74) is 5.78. The monoisotopic (exact) mass is 537 g/mol. The van der Waals surface area contributed by atoms with Gasteiger partial charge in [-0.15, -0.1) is 0 Å². The van der Waals surface area contributed by atoms with Crippen LogP contribution in [-0.4, -0.2) is 36.9 Å². The number of nitrogens with one attached hydrogen (secondary N) is 1. The van der Waals surface area contributed by atoms with Crippen molar-refractivity contribution in [3.8, 4) is 11.5 Å². The number of aromatic hydroxyl groups is 1. The van der Waals surface area contributed by atoms with Crippen molar-refractivity contribution < 1.29 is 14.6 Å². The van der Waals surface area contributed by atoms with Crippen molar-refractivity contribution in [3.63, 3.8) is 0 Å². The number of rotatable bonds is 4. The molecule has 0 radical (unpaired) electrons. The number of phenolic OH excluding ortho intramolecular Hbond substituents is 1. The zero-order valence-corrected chi connectivity index (χ0v) is 20.8. The molecule has 1 atom stereocenters. The summed E-state index contributed by atoms with van der Waals surface area (Å²) in [7, 11) is 3.72. The van der Waals surface area contributed by atoms with Gasteiger partial charge in [0.25, 0.3) is 5.91 Å². The molecule has 3 rings (SSSR count). The Bertz CT molecular complexity index is 1020. The average Bonchev–Trinajstić information content (AvgIpc) is 2.68. The fraction of sp³-hybridized carbons (Fsp3) is 0.364. The lowest BCUT2D eigenvalue weighted by Crippen LogP contribution is -2.45. The summed E-state index contributed by atoms with van der Waals surface area (Å²) in [6.07, 6.45) is 2.60. The molecule has 2 aromatic rings. The van der Waals surface area contributed by atoms with Crippen molar-refractivity contribution in [2.75, 3.05) is 19.1 Å². The number of carbonyl (C=O) groups excluding carboxylic acids is 1. The lowest BCUT2D eigenvalue weighted by Gasteiger charge is -2.45. The van der Waals surface area contributed by atoms with Gasteiger partial charge >= 0.3 is 0 Å². The topological polar surface area (TPSA) is 74.2 Å². The van der Waals surface area contributed by atoms with Crippen molar-refractivity contribution in [2.45, 2.75) is 38.6 Å². The van der Waals surface area contributed by atoms with Crippen LogP contribution in [0.25, 0.3) is 0 Å². The molecule has 0 saturated heterocycles. The molecular weight excluding hydrogens is 514 g/mol. The Morgan fingerprint density at radius 2 is 2.03 bits per heavy atom. The summed E-state index contributed by atoms with van der Waals surface area (Å²) >= 11 is 6.54. The van der Waals surface area contributed by atoms with E-state index in [-0.39, 0.29) is 16.9 Å². The fourth-order valence-corrected chi connectivity index (χ4v) is 5.07. The number of amides is 1. The third kappa shape index (κ3) is 4.34. The number of carbonyl (C=O) groups is 1. The van der Waals surface area contributed by atoms with Crippen LogP contribution in [0.3, 0.4) is 0 Å². The van der Waals surface area contributed by atoms with Crippen LogP contribution in [0.15, 0.2) is 38.3 Å². The third-order valence-electron chi connectivity index (χ3n) is 5.63. The number of halogens is 2. The predicted molar refractivity (Wildman–Crippen MR) is 127 cm³/mol. The van der Waals surface area contributed by atoms with Gasteiger partial charge in [0.05, 0.1) is 23.4 Å². The first kappa shape index (κ1) is 22.6. The van der Waals surface area contributed by atoms with Gasteiger partial charge in [-0.1, -0.05) is 22.9 Å². The van der Waals surface area contributed by atoms with Crippen LogP contribution in [0, 0.1) is 0 Å². The van der Waals surface area contributed by atoms with Crippen molar-refractivity contribution in [3.05, 3.63) is 49.9 Å². The summed E-state index contributed by atoms with van der Waals surface area (Å²) in [5.74, 6) is 0.403. The normalized spacial score (nSPS) is 17.7. The molecule has 6 nitrogen and oxygen atoms in total. The van der Waals surface area contributed by atoms with Crippen LogP contribution in [0.1, 0.15) is 54.6 Å². The van der Waals surface area contributed by atoms with E-state index < -0.39 is 5.91 Å². The zero-order valence-electron chi connectivity index (χ0n) is 17.6. The van der Waals surface area contributed by atoms with Crippen LogP contribution in [0.5, 0.6) is 11.5 Å². The molecule has 30 heavy (non-hydrogen) atoms. The van der Waals surface area contributed by atoms with Gasteiger partial charge < -0.3 is 14.7 Å². The number of hydrogen-bond acceptors (Lipinski definition) is 5. The standard InChI is InChI=1S/C22H25Br2N3O3/c1-12-10-22(2,3)27(4)18-9-19(30-5)13(6-15(12)18)11-25-26-21(29)16-7-14(23)8-17(24)20(16)28/h6-9,11-12,28H,10H2,1-5H3,(H,26,29)/b25-11-. The maximum atomic E-state index is 12.4. The number of benzene rings is 2. The lowest BCUT2D eigenvalue weighted by atomic mass is 9.80. The van der Waals surface area contributed by atoms with E-state index in [9.17, 15) is 9.90 Å². The Kier molecular flexibility index (Phi) is 6.48. The Labute approximate surface area is 193 Å². The van der Waals surface area contributed by atoms with E-state index in [1.165, 1.54) is 11.6 Å². The van der Waals surface area contributed by atoms with Gasteiger partial charge in [0.15, 0.2) is 0 Å². The highest BCUT2D eigenvalue weighted by atomic mass is 79.9. The van der Waals surface area contributed by atoms with Gasteiger partial charge in [-0.05, 0) is 65.9 Å². The molecule has 0 aromatic heterocycles. The smallest absolute Gasteiger partial charge is 0.275 e. The number of methoxy groups -OCH3 is 1. The molecule has 2 aromatic carbocycles. The predicted octanol–water partition coefficient (Wildman–Crippen LogP) is 5.41. The van der Waals surface area contributed by atoms with Crippen LogP contribution < -0.4 is 15.1 Å². The highest BCUT2D eigenvalue weighted by molar-refractivity contribution is 9.11. The summed E-state index contributed by atoms with van der Waals surface area (Å²) in [6, 6.07) is 7.27. The minimum atomic E-state index is -0.516. The molecule has 2 N–H and O–H groups in total. The first-order valence-electron chi connectivity index (χ1n) is 9.52. The SMILES string of the molecule is COc1cc2c(cc1/C=N\NC(=O)c1cc(Br)cc(Br)c1O)C(C)CC(C)(C)N2C. The molecule has 1 aliphatic rings. The van der Waals surface area contributed by atoms with Crippen molar-refractivity contribution in [1.82, 2.24) is 5.43 Å². The van der Waals surface area contributed by atoms with Gasteiger partial charge in [-0.25, -0.2) is 5.43 Å². The quantitative estimate of drug-likeness (QED) is 0.403. The molecule has 1 amide bonds. The van der Waals surface area contributed by atoms with E-state index in [1.54, 1.807) is 19.4 Å². The summed E-state index contributed by atoms with van der Waals surface area (Å²) in [4.78, 5) is 14.7. The number of nitrogens with zero attached hydrogens (tertiary/aromatic N) is 2. The minimum Gasteiger partial charge on any atom is -0.506 e. The minimum absolute atomic E-state index is 0.0568. The van der Waals surface area contributed by atoms with Crippen LogP contribution in [0.4, 0.5) is 5.69 Å². The summed E-state index contributed by atoms with van der Waals surface area (Å²) in [5, 5.41) is 14.2. The zero-order chi connectivity index (χ0) is 22.2. The van der Waals surface area contributed by atoms with Crippen LogP contribution in [0.2, 0.25) is 0 Å². The number of hydrazone groups is 1. The third-order valence-corrected chi connectivity index (χ3v) is 6.69. The lowest BCUT2D eigenvalue weighted by molar-refractivity contribution is 0.0952. The Balaban J connectivity index is 1.88. The first-order chi connectivity index (χ1) is 14.0. The molecule has 0 bridgehead atoms. The molecule has 1 heterocycles. The van der Waals surface area contributed by atoms with Gasteiger partial charge in [-0.2, -0.15) is 5.10 Å². The molecule has 0 saturated carbocycles. The number of anilines is 1. The second-order valence-electron chi connectivity index (χ2n) is 8.11. The van der Waals surface area contributed by atoms with Crippen molar-refractivity contribution in [1.29, 1.82) is 0 Å². The molecule has 8 heteroatoms. The molecule has 0 fully saturated rings. The maximum Gasteiger partial charge on any atom is 0.275 e. The van der Waals surface area contributed by atoms with E-state index >= 15 is 0 Å². The number of phenols is 1. The molecule has 0 spiro atoms. The number of fused-ring (bicyclic) bond motifs is 1. The van der Waals surface area contributed by atoms with Gasteiger partial charge in [0, 0.05) is 34.4 Å². The Morgan fingerprint density at radius 3 is 2.70 bits per heavy atom. The van der Waals surface area contributed by atoms with Crippen molar-refractivity contribution in [2.24, 2.45) is 5.10 Å². The maximum absolute atomic E-state index is 12.4. The second kappa shape index (κ2) is 8.59. The van der Waals surface area contributed by atoms with E-state index in [4.69, 9.17) is 4.74 Å². The van der Waals surface area contributed by atoms with Gasteiger partial charge in [-0.3, -0.25) is 4.79 Å². The molecule has 1 aliphatic heterocycles. The van der Waals surface area contributed by atoms with E-state index in [1.807, 2.05) is 6.07 Å². The van der Waals surface area contributed by atoms with Crippen LogP contribution in [-0.2, 0) is 0 Å². The van der Waals surface area contributed by atoms with E-state index in [0.717, 1.165) is 17.7 Å².